The van der Waals surface area contributed by atoms with Gasteiger partial charge in [-0.3, -0.25) is 4.90 Å². The average molecular weight is 367 g/mol. The minimum absolute atomic E-state index is 0. The predicted molar refractivity (Wildman–Crippen MR) is 86.1 cm³/mol. The van der Waals surface area contributed by atoms with Crippen LogP contribution < -0.4 is 5.32 Å². The number of nitrogens with zero attached hydrogens (tertiary/aromatic N) is 2. The van der Waals surface area contributed by atoms with Gasteiger partial charge in [-0.05, 0) is 11.6 Å². The Labute approximate surface area is 135 Å². The lowest BCUT2D eigenvalue weighted by molar-refractivity contribution is 0.175. The Hall–Kier alpha value is -0.310. The van der Waals surface area contributed by atoms with Crippen LogP contribution in [0.1, 0.15) is 18.0 Å². The van der Waals surface area contributed by atoms with Crippen molar-refractivity contribution >= 4 is 40.7 Å². The first-order valence-corrected chi connectivity index (χ1v) is 6.68. The van der Waals surface area contributed by atoms with Gasteiger partial charge in [-0.1, -0.05) is 34.1 Å². The van der Waals surface area contributed by atoms with Crippen molar-refractivity contribution in [3.63, 3.8) is 0 Å². The summed E-state index contributed by atoms with van der Waals surface area (Å²) in [4.78, 5) is 2.39. The van der Waals surface area contributed by atoms with Crippen molar-refractivity contribution < 1.29 is 0 Å². The summed E-state index contributed by atoms with van der Waals surface area (Å²) in [7, 11) is 0. The molecule has 1 aliphatic heterocycles. The van der Waals surface area contributed by atoms with Gasteiger partial charge in [0.2, 0.25) is 0 Å². The van der Waals surface area contributed by atoms with E-state index in [2.05, 4.69) is 38.3 Å². The standard InChI is InChI=1S/C13H16BrN3.2ClH/c14-12-4-2-1-3-11(12)13(5-6-15)17-9-7-16-8-10-17;;/h1-4,13,16H,5,7-10H2;2*1H/t13-;;/m0../s1. The topological polar surface area (TPSA) is 39.1 Å². The number of nitriles is 1. The van der Waals surface area contributed by atoms with Gasteiger partial charge in [0.15, 0.2) is 0 Å². The van der Waals surface area contributed by atoms with Crippen molar-refractivity contribution in [2.75, 3.05) is 26.2 Å². The Balaban J connectivity index is 0.00000162. The highest BCUT2D eigenvalue weighted by atomic mass is 79.9. The number of rotatable bonds is 3. The first-order chi connectivity index (χ1) is 8.33. The fraction of sp³-hybridized carbons (Fsp3) is 0.462. The second-order valence-electron chi connectivity index (χ2n) is 4.19. The molecule has 0 amide bonds. The van der Waals surface area contributed by atoms with E-state index in [1.165, 1.54) is 5.56 Å². The zero-order chi connectivity index (χ0) is 12.1. The third-order valence-electron chi connectivity index (χ3n) is 3.14. The third-order valence-corrected chi connectivity index (χ3v) is 3.86. The molecule has 1 heterocycles. The van der Waals surface area contributed by atoms with Crippen molar-refractivity contribution in [2.24, 2.45) is 0 Å². The quantitative estimate of drug-likeness (QED) is 0.892. The maximum absolute atomic E-state index is 9.01. The predicted octanol–water partition coefficient (Wildman–Crippen LogP) is 3.15. The molecule has 0 unspecified atom stereocenters. The van der Waals surface area contributed by atoms with Crippen molar-refractivity contribution in [3.8, 4) is 6.07 Å². The molecule has 0 spiro atoms. The van der Waals surface area contributed by atoms with Gasteiger partial charge in [0.1, 0.15) is 0 Å². The van der Waals surface area contributed by atoms with Crippen molar-refractivity contribution in [1.82, 2.24) is 10.2 Å². The minimum Gasteiger partial charge on any atom is -0.314 e. The maximum Gasteiger partial charge on any atom is 0.0641 e. The number of halogens is 3. The molecule has 1 saturated heterocycles. The largest absolute Gasteiger partial charge is 0.314 e. The smallest absolute Gasteiger partial charge is 0.0641 e. The maximum atomic E-state index is 9.01. The molecule has 0 radical (unpaired) electrons. The van der Waals surface area contributed by atoms with Gasteiger partial charge in [-0.25, -0.2) is 0 Å². The number of piperazine rings is 1. The molecule has 106 valence electrons. The Kier molecular flexibility index (Phi) is 9.42. The van der Waals surface area contributed by atoms with Crippen molar-refractivity contribution in [2.45, 2.75) is 12.5 Å². The Morgan fingerprint density at radius 1 is 1.26 bits per heavy atom. The summed E-state index contributed by atoms with van der Waals surface area (Å²) in [6, 6.07) is 10.7. The van der Waals surface area contributed by atoms with Crippen LogP contribution in [0.2, 0.25) is 0 Å². The van der Waals surface area contributed by atoms with Gasteiger partial charge in [-0.2, -0.15) is 5.26 Å². The molecule has 1 N–H and O–H groups in total. The third kappa shape index (κ3) is 4.94. The molecule has 19 heavy (non-hydrogen) atoms. The Bertz CT molecular complexity index is 417. The first-order valence-electron chi connectivity index (χ1n) is 5.89. The molecular formula is C13H18BrCl2N3. The van der Waals surface area contributed by atoms with Crippen molar-refractivity contribution in [3.05, 3.63) is 34.3 Å². The highest BCUT2D eigenvalue weighted by molar-refractivity contribution is 9.10. The lowest BCUT2D eigenvalue weighted by Crippen LogP contribution is -2.45. The van der Waals surface area contributed by atoms with Gasteiger partial charge in [-0.15, -0.1) is 24.8 Å². The molecule has 1 aromatic rings. The second-order valence-corrected chi connectivity index (χ2v) is 5.04. The first kappa shape index (κ1) is 18.7. The molecule has 2 rings (SSSR count). The highest BCUT2D eigenvalue weighted by Gasteiger charge is 2.23. The van der Waals surface area contributed by atoms with Gasteiger partial charge in [0.05, 0.1) is 12.5 Å². The molecule has 0 bridgehead atoms. The van der Waals surface area contributed by atoms with Crippen LogP contribution in [-0.4, -0.2) is 31.1 Å². The van der Waals surface area contributed by atoms with Crippen LogP contribution in [0.15, 0.2) is 28.7 Å². The average Bonchev–Trinajstić information content (AvgIpc) is 2.38. The number of benzene rings is 1. The summed E-state index contributed by atoms with van der Waals surface area (Å²) in [6.07, 6.45) is 0.544. The highest BCUT2D eigenvalue weighted by Crippen LogP contribution is 2.30. The summed E-state index contributed by atoms with van der Waals surface area (Å²) >= 11 is 3.58. The normalized spacial score (nSPS) is 16.6. The molecule has 1 aromatic carbocycles. The monoisotopic (exact) mass is 365 g/mol. The van der Waals surface area contributed by atoms with Crippen LogP contribution in [0.5, 0.6) is 0 Å². The van der Waals surface area contributed by atoms with E-state index in [1.807, 2.05) is 18.2 Å². The Morgan fingerprint density at radius 3 is 2.47 bits per heavy atom. The fourth-order valence-corrected chi connectivity index (χ4v) is 2.81. The van der Waals surface area contributed by atoms with Crippen LogP contribution in [0.3, 0.4) is 0 Å². The molecule has 0 aromatic heterocycles. The lowest BCUT2D eigenvalue weighted by Gasteiger charge is -2.34. The van der Waals surface area contributed by atoms with E-state index < -0.39 is 0 Å². The van der Waals surface area contributed by atoms with Gasteiger partial charge < -0.3 is 5.32 Å². The van der Waals surface area contributed by atoms with E-state index in [4.69, 9.17) is 5.26 Å². The van der Waals surface area contributed by atoms with Crippen LogP contribution in [-0.2, 0) is 0 Å². The van der Waals surface area contributed by atoms with Gasteiger partial charge in [0.25, 0.3) is 0 Å². The molecule has 0 aliphatic carbocycles. The summed E-state index contributed by atoms with van der Waals surface area (Å²) in [5, 5.41) is 12.4. The second kappa shape index (κ2) is 9.57. The molecular weight excluding hydrogens is 349 g/mol. The van der Waals surface area contributed by atoms with E-state index in [1.54, 1.807) is 0 Å². The number of hydrogen-bond acceptors (Lipinski definition) is 3. The number of hydrogen-bond donors (Lipinski definition) is 1. The molecule has 1 fully saturated rings. The van der Waals surface area contributed by atoms with Gasteiger partial charge in [0, 0.05) is 36.7 Å². The summed E-state index contributed by atoms with van der Waals surface area (Å²) in [5.41, 5.74) is 1.22. The Morgan fingerprint density at radius 2 is 1.89 bits per heavy atom. The van der Waals surface area contributed by atoms with Crippen molar-refractivity contribution in [1.29, 1.82) is 5.26 Å². The summed E-state index contributed by atoms with van der Waals surface area (Å²) in [5.74, 6) is 0. The van der Waals surface area contributed by atoms with Crippen LogP contribution in [0.25, 0.3) is 0 Å². The summed E-state index contributed by atoms with van der Waals surface area (Å²) in [6.45, 7) is 4.03. The van der Waals surface area contributed by atoms with Crippen LogP contribution in [0.4, 0.5) is 0 Å². The molecule has 1 aliphatic rings. The van der Waals surface area contributed by atoms with E-state index in [0.717, 1.165) is 30.7 Å². The van der Waals surface area contributed by atoms with E-state index in [9.17, 15) is 0 Å². The van der Waals surface area contributed by atoms with Gasteiger partial charge >= 0.3 is 0 Å². The lowest BCUT2D eigenvalue weighted by atomic mass is 10.0. The molecule has 1 atom stereocenters. The minimum atomic E-state index is 0. The molecule has 0 saturated carbocycles. The number of nitrogens with one attached hydrogen (secondary N) is 1. The SMILES string of the molecule is Cl.Cl.N#CC[C@@H](c1ccccc1Br)N1CCNCC1. The van der Waals surface area contributed by atoms with E-state index in [0.29, 0.717) is 6.42 Å². The van der Waals surface area contributed by atoms with E-state index in [-0.39, 0.29) is 30.9 Å². The van der Waals surface area contributed by atoms with Crippen LogP contribution in [0, 0.1) is 11.3 Å². The molecule has 3 nitrogen and oxygen atoms in total. The zero-order valence-corrected chi connectivity index (χ0v) is 13.7. The van der Waals surface area contributed by atoms with Crippen LogP contribution >= 0.6 is 40.7 Å². The zero-order valence-electron chi connectivity index (χ0n) is 10.5. The summed E-state index contributed by atoms with van der Waals surface area (Å²) < 4.78 is 1.10. The molecule has 6 heteroatoms. The fourth-order valence-electron chi connectivity index (χ4n) is 2.26. The van der Waals surface area contributed by atoms with E-state index >= 15 is 0 Å².